The fraction of sp³-hybridized carbons (Fsp3) is 0.136. The number of primary amides is 1. The van der Waals surface area contributed by atoms with Crippen LogP contribution < -0.4 is 5.73 Å². The van der Waals surface area contributed by atoms with Gasteiger partial charge < -0.3 is 5.73 Å². The van der Waals surface area contributed by atoms with Crippen LogP contribution in [0.1, 0.15) is 27.0 Å². The average molecular weight is 458 g/mol. The summed E-state index contributed by atoms with van der Waals surface area (Å²) in [7, 11) is 0. The third kappa shape index (κ3) is 5.02. The molecule has 9 heteroatoms. The number of hydrogen-bond donors (Lipinski definition) is 1. The zero-order valence-corrected chi connectivity index (χ0v) is 16.4. The highest BCUT2D eigenvalue weighted by molar-refractivity contribution is 6.30. The average Bonchev–Trinajstić information content (AvgIpc) is 2.65. The summed E-state index contributed by atoms with van der Waals surface area (Å²) in [5.41, 5.74) is 2.79. The second kappa shape index (κ2) is 8.26. The number of fused-ring (bicyclic) bond motifs is 1. The van der Waals surface area contributed by atoms with E-state index in [1.54, 1.807) is 24.3 Å². The number of halogens is 7. The van der Waals surface area contributed by atoms with Crippen LogP contribution in [-0.4, -0.2) is 12.1 Å². The lowest BCUT2D eigenvalue weighted by molar-refractivity contribution is -0.137. The number of alkyl halides is 6. The lowest BCUT2D eigenvalue weighted by atomic mass is 9.95. The number of hydrogen-bond acceptors (Lipinski definition) is 1. The fourth-order valence-corrected chi connectivity index (χ4v) is 3.51. The summed E-state index contributed by atoms with van der Waals surface area (Å²) in [6.07, 6.45) is -9.21. The summed E-state index contributed by atoms with van der Waals surface area (Å²) in [4.78, 5) is 11.6. The molecule has 0 aliphatic rings. The first-order valence-corrected chi connectivity index (χ1v) is 9.21. The molecular formula is C22H14ClF6NO. The van der Waals surface area contributed by atoms with Crippen LogP contribution in [0, 0.1) is 0 Å². The van der Waals surface area contributed by atoms with Crippen LogP contribution in [0.25, 0.3) is 16.3 Å². The molecule has 0 unspecified atom stereocenters. The molecule has 0 heterocycles. The van der Waals surface area contributed by atoms with Crippen molar-refractivity contribution in [3.8, 4) is 0 Å². The third-order valence-electron chi connectivity index (χ3n) is 4.65. The highest BCUT2D eigenvalue weighted by atomic mass is 35.5. The minimum atomic E-state index is -4.92. The first-order chi connectivity index (χ1) is 14.4. The van der Waals surface area contributed by atoms with E-state index in [9.17, 15) is 31.1 Å². The Bertz CT molecular complexity index is 1180. The van der Waals surface area contributed by atoms with E-state index < -0.39 is 40.0 Å². The van der Waals surface area contributed by atoms with E-state index >= 15 is 0 Å². The van der Waals surface area contributed by atoms with Gasteiger partial charge in [0.15, 0.2) is 0 Å². The van der Waals surface area contributed by atoms with Crippen LogP contribution >= 0.6 is 11.6 Å². The molecule has 0 aromatic heterocycles. The maximum absolute atomic E-state index is 13.7. The summed E-state index contributed by atoms with van der Waals surface area (Å²) in [5, 5.41) is 0.520. The third-order valence-corrected chi connectivity index (χ3v) is 4.87. The van der Waals surface area contributed by atoms with E-state index in [0.717, 1.165) is 12.1 Å². The van der Waals surface area contributed by atoms with Gasteiger partial charge in [-0.25, -0.2) is 0 Å². The van der Waals surface area contributed by atoms with E-state index in [2.05, 4.69) is 0 Å². The number of carbonyl (C=O) groups excluding carboxylic acids is 1. The summed E-state index contributed by atoms with van der Waals surface area (Å²) in [6, 6.07) is 11.2. The van der Waals surface area contributed by atoms with Gasteiger partial charge in [-0.2, -0.15) is 26.3 Å². The van der Waals surface area contributed by atoms with E-state index in [0.29, 0.717) is 28.5 Å². The minimum absolute atomic E-state index is 0.212. The molecule has 0 aliphatic carbocycles. The predicted octanol–water partition coefficient (Wildman–Crippen LogP) is 6.80. The van der Waals surface area contributed by atoms with Gasteiger partial charge in [-0.15, -0.1) is 0 Å². The molecule has 0 radical (unpaired) electrons. The van der Waals surface area contributed by atoms with Gasteiger partial charge in [0.2, 0.25) is 5.91 Å². The van der Waals surface area contributed by atoms with Gasteiger partial charge in [-0.3, -0.25) is 4.79 Å². The van der Waals surface area contributed by atoms with Crippen LogP contribution in [0.2, 0.25) is 5.02 Å². The molecule has 3 aromatic carbocycles. The Kier molecular flexibility index (Phi) is 6.04. The molecule has 31 heavy (non-hydrogen) atoms. The molecular weight excluding hydrogens is 444 g/mol. The Labute approximate surface area is 177 Å². The maximum atomic E-state index is 13.7. The van der Waals surface area contributed by atoms with Gasteiger partial charge in [-0.1, -0.05) is 48.0 Å². The van der Waals surface area contributed by atoms with Crippen molar-refractivity contribution in [1.82, 2.24) is 0 Å². The molecule has 0 fully saturated rings. The van der Waals surface area contributed by atoms with E-state index in [4.69, 9.17) is 17.3 Å². The molecule has 0 bridgehead atoms. The Morgan fingerprint density at radius 3 is 2.16 bits per heavy atom. The summed E-state index contributed by atoms with van der Waals surface area (Å²) in [5.74, 6) is -0.687. The minimum Gasteiger partial charge on any atom is -0.366 e. The van der Waals surface area contributed by atoms with Crippen molar-refractivity contribution in [2.45, 2.75) is 18.8 Å². The van der Waals surface area contributed by atoms with Gasteiger partial charge in [0.05, 0.1) is 11.1 Å². The monoisotopic (exact) mass is 457 g/mol. The lowest BCUT2D eigenvalue weighted by Crippen LogP contribution is -2.13. The van der Waals surface area contributed by atoms with Crippen LogP contribution in [-0.2, 0) is 12.6 Å². The molecule has 162 valence electrons. The Hall–Kier alpha value is -3.00. The van der Waals surface area contributed by atoms with Crippen molar-refractivity contribution >= 4 is 33.9 Å². The summed E-state index contributed by atoms with van der Waals surface area (Å²) in [6.45, 7) is 0. The molecule has 3 rings (SSSR count). The van der Waals surface area contributed by atoms with Crippen LogP contribution in [0.15, 0.2) is 60.7 Å². The Balaban J connectivity index is 2.12. The van der Waals surface area contributed by atoms with Gasteiger partial charge in [0, 0.05) is 10.6 Å². The molecule has 2 nitrogen and oxygen atoms in total. The van der Waals surface area contributed by atoms with Gasteiger partial charge >= 0.3 is 12.4 Å². The number of allylic oxidation sites excluding steroid dienone is 2. The standard InChI is InChI=1S/C22H14ClF6NO/c23-15-10-13(9-14(11-15)21(24,25)26)19(22(27,28)29)8-6-12-5-7-18(20(30)31)17-4-2-1-3-16(12)17/h1-5,7-11H,6H2,(H2,30,31)/b19-8-. The first kappa shape index (κ1) is 22.7. The van der Waals surface area contributed by atoms with Crippen molar-refractivity contribution in [1.29, 1.82) is 0 Å². The molecule has 0 spiro atoms. The molecule has 0 aliphatic heterocycles. The van der Waals surface area contributed by atoms with Crippen LogP contribution in [0.5, 0.6) is 0 Å². The number of benzene rings is 3. The zero-order valence-electron chi connectivity index (χ0n) is 15.6. The molecule has 3 aromatic rings. The summed E-state index contributed by atoms with van der Waals surface area (Å²) >= 11 is 5.65. The summed E-state index contributed by atoms with van der Waals surface area (Å²) < 4.78 is 80.2. The zero-order chi connectivity index (χ0) is 23.0. The quantitative estimate of drug-likeness (QED) is 0.430. The first-order valence-electron chi connectivity index (χ1n) is 8.84. The molecule has 1 amide bonds. The normalized spacial score (nSPS) is 12.9. The van der Waals surface area contributed by atoms with Crippen molar-refractivity contribution in [3.63, 3.8) is 0 Å². The smallest absolute Gasteiger partial charge is 0.366 e. The topological polar surface area (TPSA) is 43.1 Å². The molecule has 0 saturated carbocycles. The van der Waals surface area contributed by atoms with Crippen LogP contribution in [0.3, 0.4) is 0 Å². The number of rotatable bonds is 4. The van der Waals surface area contributed by atoms with Crippen molar-refractivity contribution in [2.75, 3.05) is 0 Å². The van der Waals surface area contributed by atoms with Crippen molar-refractivity contribution in [2.24, 2.45) is 5.73 Å². The van der Waals surface area contributed by atoms with Gasteiger partial charge in [0.25, 0.3) is 0 Å². The number of amides is 1. The SMILES string of the molecule is NC(=O)c1ccc(C/C=C(/c2cc(Cl)cc(C(F)(F)F)c2)C(F)(F)F)c2ccccc12. The van der Waals surface area contributed by atoms with E-state index in [-0.39, 0.29) is 12.0 Å². The Morgan fingerprint density at radius 2 is 1.58 bits per heavy atom. The second-order valence-corrected chi connectivity index (χ2v) is 7.16. The maximum Gasteiger partial charge on any atom is 0.416 e. The van der Waals surface area contributed by atoms with Crippen molar-refractivity contribution in [3.05, 3.63) is 87.9 Å². The molecule has 0 atom stereocenters. The highest BCUT2D eigenvalue weighted by Crippen LogP contribution is 2.39. The molecule has 0 saturated heterocycles. The lowest BCUT2D eigenvalue weighted by Gasteiger charge is -2.16. The number of carbonyl (C=O) groups is 1. The highest BCUT2D eigenvalue weighted by Gasteiger charge is 2.37. The Morgan fingerprint density at radius 1 is 0.935 bits per heavy atom. The van der Waals surface area contributed by atoms with Gasteiger partial charge in [0.1, 0.15) is 0 Å². The van der Waals surface area contributed by atoms with Crippen molar-refractivity contribution < 1.29 is 31.1 Å². The van der Waals surface area contributed by atoms with E-state index in [1.807, 2.05) is 0 Å². The largest absolute Gasteiger partial charge is 0.416 e. The van der Waals surface area contributed by atoms with E-state index in [1.165, 1.54) is 12.1 Å². The fourth-order valence-electron chi connectivity index (χ4n) is 3.27. The molecule has 2 N–H and O–H groups in total. The second-order valence-electron chi connectivity index (χ2n) is 6.73. The van der Waals surface area contributed by atoms with Gasteiger partial charge in [-0.05, 0) is 52.6 Å². The predicted molar refractivity (Wildman–Crippen MR) is 107 cm³/mol. The number of nitrogens with two attached hydrogens (primary N) is 1. The van der Waals surface area contributed by atoms with Crippen LogP contribution in [0.4, 0.5) is 26.3 Å².